The zero-order valence-corrected chi connectivity index (χ0v) is 10.5. The van der Waals surface area contributed by atoms with Crippen molar-refractivity contribution in [1.82, 2.24) is 14.8 Å². The lowest BCUT2D eigenvalue weighted by molar-refractivity contribution is 0.407. The number of nitrogens with zero attached hydrogens (tertiary/aromatic N) is 4. The quantitative estimate of drug-likeness (QED) is 0.904. The fourth-order valence-corrected chi connectivity index (χ4v) is 1.97. The van der Waals surface area contributed by atoms with Gasteiger partial charge in [-0.2, -0.15) is 5.26 Å². The Labute approximate surface area is 110 Å². The smallest absolute Gasteiger partial charge is 0.252 e. The van der Waals surface area contributed by atoms with Crippen molar-refractivity contribution < 1.29 is 4.39 Å². The summed E-state index contributed by atoms with van der Waals surface area (Å²) in [4.78, 5) is 3.84. The summed E-state index contributed by atoms with van der Waals surface area (Å²) >= 11 is 0. The normalized spacial score (nSPS) is 13.8. The minimum absolute atomic E-state index is 0.0460. The lowest BCUT2D eigenvalue weighted by atomic mass is 9.98. The highest BCUT2D eigenvalue weighted by Crippen LogP contribution is 2.24. The number of hydrogen-bond acceptors (Lipinski definition) is 4. The number of nitrogens with two attached hydrogens (primary N) is 1. The van der Waals surface area contributed by atoms with Gasteiger partial charge in [-0.3, -0.25) is 0 Å². The Bertz CT molecular complexity index is 601. The third-order valence-corrected chi connectivity index (χ3v) is 2.99. The third kappa shape index (κ3) is 2.61. The van der Waals surface area contributed by atoms with Gasteiger partial charge in [0.25, 0.3) is 5.82 Å². The van der Waals surface area contributed by atoms with Gasteiger partial charge in [-0.25, -0.2) is 14.1 Å². The molecule has 0 saturated carbocycles. The van der Waals surface area contributed by atoms with Crippen LogP contribution in [0.4, 0.5) is 4.39 Å². The summed E-state index contributed by atoms with van der Waals surface area (Å²) in [6, 6.07) is 7.48. The predicted molar refractivity (Wildman–Crippen MR) is 67.5 cm³/mol. The number of rotatable bonds is 4. The Kier molecular flexibility index (Phi) is 3.88. The molecule has 2 unspecified atom stereocenters. The largest absolute Gasteiger partial charge is 0.326 e. The maximum atomic E-state index is 13.9. The molecule has 2 aromatic rings. The van der Waals surface area contributed by atoms with Gasteiger partial charge in [0.1, 0.15) is 18.2 Å². The van der Waals surface area contributed by atoms with Gasteiger partial charge in [0.2, 0.25) is 0 Å². The van der Waals surface area contributed by atoms with Crippen molar-refractivity contribution in [3.05, 3.63) is 47.8 Å². The van der Waals surface area contributed by atoms with Gasteiger partial charge in [-0.1, -0.05) is 25.1 Å². The van der Waals surface area contributed by atoms with E-state index in [-0.39, 0.29) is 17.7 Å². The number of hydrogen-bond donors (Lipinski definition) is 1. The average molecular weight is 259 g/mol. The maximum absolute atomic E-state index is 13.9. The minimum atomic E-state index is -0.471. The van der Waals surface area contributed by atoms with Crippen LogP contribution in [-0.2, 0) is 0 Å². The zero-order valence-electron chi connectivity index (χ0n) is 10.5. The molecular weight excluding hydrogens is 245 g/mol. The van der Waals surface area contributed by atoms with Gasteiger partial charge < -0.3 is 5.73 Å². The molecule has 19 heavy (non-hydrogen) atoms. The van der Waals surface area contributed by atoms with E-state index in [1.165, 1.54) is 17.1 Å². The van der Waals surface area contributed by atoms with Gasteiger partial charge in [-0.15, -0.1) is 5.10 Å². The van der Waals surface area contributed by atoms with E-state index in [1.54, 1.807) is 18.2 Å². The Morgan fingerprint density at radius 1 is 1.47 bits per heavy atom. The average Bonchev–Trinajstić information content (AvgIpc) is 2.89. The molecule has 0 aliphatic heterocycles. The Morgan fingerprint density at radius 3 is 2.79 bits per heavy atom. The molecule has 5 nitrogen and oxygen atoms in total. The van der Waals surface area contributed by atoms with Gasteiger partial charge in [0.05, 0.1) is 6.04 Å². The number of benzene rings is 1. The van der Waals surface area contributed by atoms with E-state index in [0.717, 1.165) is 0 Å². The Balaban J connectivity index is 2.48. The fourth-order valence-electron chi connectivity index (χ4n) is 1.97. The van der Waals surface area contributed by atoms with Crippen LogP contribution < -0.4 is 5.73 Å². The second-order valence-electron chi connectivity index (χ2n) is 4.20. The lowest BCUT2D eigenvalue weighted by Crippen LogP contribution is -2.33. The molecule has 98 valence electrons. The molecular formula is C13H14FN5. The van der Waals surface area contributed by atoms with Crippen LogP contribution in [0.5, 0.6) is 0 Å². The summed E-state index contributed by atoms with van der Waals surface area (Å²) in [6.45, 7) is 1.92. The number of aromatic nitrogens is 3. The van der Waals surface area contributed by atoms with Gasteiger partial charge in [0, 0.05) is 11.6 Å². The van der Waals surface area contributed by atoms with Gasteiger partial charge in [0.15, 0.2) is 0 Å². The second-order valence-corrected chi connectivity index (χ2v) is 4.20. The highest BCUT2D eigenvalue weighted by atomic mass is 19.1. The molecule has 0 aliphatic carbocycles. The maximum Gasteiger partial charge on any atom is 0.252 e. The zero-order chi connectivity index (χ0) is 13.8. The molecule has 1 aromatic carbocycles. The summed E-state index contributed by atoms with van der Waals surface area (Å²) in [5.41, 5.74) is 6.51. The van der Waals surface area contributed by atoms with Crippen LogP contribution in [0.3, 0.4) is 0 Å². The van der Waals surface area contributed by atoms with Crippen molar-refractivity contribution >= 4 is 0 Å². The molecule has 0 fully saturated rings. The Hall–Kier alpha value is -2.26. The van der Waals surface area contributed by atoms with Crippen molar-refractivity contribution in [2.75, 3.05) is 0 Å². The first-order chi connectivity index (χ1) is 9.17. The first-order valence-electron chi connectivity index (χ1n) is 5.98. The van der Waals surface area contributed by atoms with Crippen LogP contribution in [0, 0.1) is 17.1 Å². The number of nitriles is 1. The molecule has 0 aliphatic rings. The second kappa shape index (κ2) is 5.59. The van der Waals surface area contributed by atoms with Crippen LogP contribution in [0.1, 0.15) is 30.8 Å². The summed E-state index contributed by atoms with van der Waals surface area (Å²) in [6.07, 6.45) is 2.06. The van der Waals surface area contributed by atoms with E-state index in [9.17, 15) is 4.39 Å². The molecule has 1 aromatic heterocycles. The molecule has 0 bridgehead atoms. The van der Waals surface area contributed by atoms with Crippen LogP contribution in [-0.4, -0.2) is 20.8 Å². The molecule has 0 spiro atoms. The fraction of sp³-hybridized carbons (Fsp3) is 0.308. The highest BCUT2D eigenvalue weighted by Gasteiger charge is 2.24. The van der Waals surface area contributed by atoms with Gasteiger partial charge in [-0.05, 0) is 12.5 Å². The standard InChI is InChI=1S/C13H14FN5/c1-2-11(16)13(9-5-3-4-6-10(9)14)19-8-17-12(7-15)18-19/h3-6,8,11,13H,2,16H2,1H3. The molecule has 0 radical (unpaired) electrons. The van der Waals surface area contributed by atoms with E-state index >= 15 is 0 Å². The van der Waals surface area contributed by atoms with Crippen LogP contribution in [0.25, 0.3) is 0 Å². The molecule has 2 rings (SSSR count). The summed E-state index contributed by atoms with van der Waals surface area (Å²) < 4.78 is 15.4. The SMILES string of the molecule is CCC(N)C(c1ccccc1F)n1cnc(C#N)n1. The first kappa shape index (κ1) is 13.2. The first-order valence-corrected chi connectivity index (χ1v) is 5.98. The minimum Gasteiger partial charge on any atom is -0.326 e. The van der Waals surface area contributed by atoms with Gasteiger partial charge >= 0.3 is 0 Å². The van der Waals surface area contributed by atoms with Crippen molar-refractivity contribution in [2.24, 2.45) is 5.73 Å². The van der Waals surface area contributed by atoms with Crippen LogP contribution in [0.15, 0.2) is 30.6 Å². The molecule has 6 heteroatoms. The van der Waals surface area contributed by atoms with Crippen LogP contribution >= 0.6 is 0 Å². The predicted octanol–water partition coefficient (Wildman–Crippen LogP) is 1.62. The number of halogens is 1. The van der Waals surface area contributed by atoms with Crippen LogP contribution in [0.2, 0.25) is 0 Å². The molecule has 2 N–H and O–H groups in total. The molecule has 2 atom stereocenters. The van der Waals surface area contributed by atoms with Crippen molar-refractivity contribution in [2.45, 2.75) is 25.4 Å². The topological polar surface area (TPSA) is 80.5 Å². The van der Waals surface area contributed by atoms with E-state index in [2.05, 4.69) is 10.1 Å². The van der Waals surface area contributed by atoms with E-state index in [1.807, 2.05) is 13.0 Å². The van der Waals surface area contributed by atoms with E-state index < -0.39 is 6.04 Å². The van der Waals surface area contributed by atoms with Crippen molar-refractivity contribution in [3.8, 4) is 6.07 Å². The molecule has 0 amide bonds. The summed E-state index contributed by atoms with van der Waals surface area (Å²) in [5, 5.41) is 12.8. The molecule has 1 heterocycles. The third-order valence-electron chi connectivity index (χ3n) is 2.99. The highest BCUT2D eigenvalue weighted by molar-refractivity contribution is 5.23. The van der Waals surface area contributed by atoms with Crippen molar-refractivity contribution in [3.63, 3.8) is 0 Å². The van der Waals surface area contributed by atoms with E-state index in [0.29, 0.717) is 12.0 Å². The Morgan fingerprint density at radius 2 is 2.21 bits per heavy atom. The summed E-state index contributed by atoms with van der Waals surface area (Å²) in [5.74, 6) is -0.296. The molecule has 0 saturated heterocycles. The van der Waals surface area contributed by atoms with E-state index in [4.69, 9.17) is 11.0 Å². The lowest BCUT2D eigenvalue weighted by Gasteiger charge is -2.23. The van der Waals surface area contributed by atoms with Crippen molar-refractivity contribution in [1.29, 1.82) is 5.26 Å². The summed E-state index contributed by atoms with van der Waals surface area (Å²) in [7, 11) is 0. The monoisotopic (exact) mass is 259 g/mol.